The van der Waals surface area contributed by atoms with Gasteiger partial charge >= 0.3 is 0 Å². The minimum atomic E-state index is -3.20. The number of hydrogen-bond acceptors (Lipinski definition) is 4. The van der Waals surface area contributed by atoms with Crippen molar-refractivity contribution in [3.05, 3.63) is 24.2 Å². The van der Waals surface area contributed by atoms with E-state index in [9.17, 15) is 13.2 Å². The van der Waals surface area contributed by atoms with Crippen LogP contribution in [0, 0.1) is 0 Å². The van der Waals surface area contributed by atoms with Crippen molar-refractivity contribution in [2.24, 2.45) is 0 Å². The van der Waals surface area contributed by atoms with Gasteiger partial charge in [-0.05, 0) is 26.3 Å². The number of rotatable bonds is 7. The molecule has 1 aromatic rings. The molecule has 1 heterocycles. The molecule has 0 unspecified atom stereocenters. The molecule has 1 N–H and O–H groups in total. The Morgan fingerprint density at radius 2 is 2.16 bits per heavy atom. The topological polar surface area (TPSA) is 79.6 Å². The molecule has 0 fully saturated rings. The summed E-state index contributed by atoms with van der Waals surface area (Å²) in [4.78, 5) is 11.6. The summed E-state index contributed by atoms with van der Waals surface area (Å²) in [7, 11) is -3.20. The zero-order valence-corrected chi connectivity index (χ0v) is 12.2. The fourth-order valence-corrected chi connectivity index (χ4v) is 2.97. The van der Waals surface area contributed by atoms with Gasteiger partial charge in [-0.2, -0.15) is 4.31 Å². The molecule has 1 amide bonds. The number of nitrogens with zero attached hydrogens (tertiary/aromatic N) is 1. The van der Waals surface area contributed by atoms with Crippen molar-refractivity contribution < 1.29 is 17.6 Å². The van der Waals surface area contributed by atoms with Gasteiger partial charge in [0.15, 0.2) is 0 Å². The van der Waals surface area contributed by atoms with E-state index in [1.54, 1.807) is 6.07 Å². The molecule has 1 aromatic heterocycles. The molecule has 0 aliphatic carbocycles. The fraction of sp³-hybridized carbons (Fsp3) is 0.583. The van der Waals surface area contributed by atoms with Gasteiger partial charge in [0.2, 0.25) is 10.0 Å². The fourth-order valence-electron chi connectivity index (χ4n) is 1.74. The zero-order valence-electron chi connectivity index (χ0n) is 11.4. The second kappa shape index (κ2) is 6.72. The van der Waals surface area contributed by atoms with Crippen LogP contribution in [0.4, 0.5) is 0 Å². The standard InChI is InChI=1S/C12H20N2O4S/c1-10(2)14(19(3,16)17)7-4-6-13-12(15)11-5-8-18-9-11/h5,8-10H,4,6-7H2,1-3H3,(H,13,15). The molecule has 0 aliphatic rings. The maximum absolute atomic E-state index is 11.6. The quantitative estimate of drug-likeness (QED) is 0.761. The first-order valence-corrected chi connectivity index (χ1v) is 7.94. The first kappa shape index (κ1) is 15.7. The van der Waals surface area contributed by atoms with Gasteiger partial charge in [0.05, 0.1) is 18.1 Å². The van der Waals surface area contributed by atoms with E-state index in [0.717, 1.165) is 0 Å². The predicted molar refractivity (Wildman–Crippen MR) is 72.3 cm³/mol. The van der Waals surface area contributed by atoms with E-state index in [2.05, 4.69) is 5.32 Å². The highest BCUT2D eigenvalue weighted by molar-refractivity contribution is 7.88. The summed E-state index contributed by atoms with van der Waals surface area (Å²) in [6, 6.07) is 1.49. The lowest BCUT2D eigenvalue weighted by Crippen LogP contribution is -2.38. The van der Waals surface area contributed by atoms with Crippen molar-refractivity contribution in [2.75, 3.05) is 19.3 Å². The first-order chi connectivity index (χ1) is 8.82. The lowest BCUT2D eigenvalue weighted by Gasteiger charge is -2.23. The van der Waals surface area contributed by atoms with Gasteiger partial charge in [-0.1, -0.05) is 0 Å². The molecule has 0 saturated carbocycles. The number of sulfonamides is 1. The predicted octanol–water partition coefficient (Wildman–Crippen LogP) is 1.07. The molecular formula is C12H20N2O4S. The number of hydrogen-bond donors (Lipinski definition) is 1. The normalized spacial score (nSPS) is 12.1. The lowest BCUT2D eigenvalue weighted by molar-refractivity contribution is 0.0952. The number of carbonyl (C=O) groups is 1. The van der Waals surface area contributed by atoms with Crippen LogP contribution >= 0.6 is 0 Å². The molecule has 0 aromatic carbocycles. The van der Waals surface area contributed by atoms with Crippen molar-refractivity contribution >= 4 is 15.9 Å². The summed E-state index contributed by atoms with van der Waals surface area (Å²) < 4.78 is 29.2. The van der Waals surface area contributed by atoms with Gasteiger partial charge < -0.3 is 9.73 Å². The lowest BCUT2D eigenvalue weighted by atomic mass is 10.3. The number of nitrogens with one attached hydrogen (secondary N) is 1. The third-order valence-electron chi connectivity index (χ3n) is 2.63. The average Bonchev–Trinajstić information content (AvgIpc) is 2.79. The Labute approximate surface area is 113 Å². The molecule has 1 rings (SSSR count). The largest absolute Gasteiger partial charge is 0.472 e. The maximum atomic E-state index is 11.6. The molecular weight excluding hydrogens is 268 g/mol. The molecule has 0 saturated heterocycles. The Morgan fingerprint density at radius 1 is 1.47 bits per heavy atom. The minimum Gasteiger partial charge on any atom is -0.472 e. The van der Waals surface area contributed by atoms with Gasteiger partial charge in [0.1, 0.15) is 6.26 Å². The first-order valence-electron chi connectivity index (χ1n) is 6.09. The van der Waals surface area contributed by atoms with Crippen LogP contribution in [0.5, 0.6) is 0 Å². The molecule has 108 valence electrons. The van der Waals surface area contributed by atoms with Crippen molar-refractivity contribution in [3.63, 3.8) is 0 Å². The summed E-state index contributed by atoms with van der Waals surface area (Å²) in [5, 5.41) is 2.71. The van der Waals surface area contributed by atoms with E-state index < -0.39 is 10.0 Å². The second-order valence-corrected chi connectivity index (χ2v) is 6.52. The van der Waals surface area contributed by atoms with E-state index in [4.69, 9.17) is 4.42 Å². The highest BCUT2D eigenvalue weighted by atomic mass is 32.2. The number of furan rings is 1. The van der Waals surface area contributed by atoms with Crippen molar-refractivity contribution in [1.82, 2.24) is 9.62 Å². The number of amides is 1. The van der Waals surface area contributed by atoms with E-state index in [1.807, 2.05) is 13.8 Å². The molecule has 19 heavy (non-hydrogen) atoms. The Hall–Kier alpha value is -1.34. The van der Waals surface area contributed by atoms with Gasteiger partial charge in [-0.15, -0.1) is 0 Å². The SMILES string of the molecule is CC(C)N(CCCNC(=O)c1ccoc1)S(C)(=O)=O. The van der Waals surface area contributed by atoms with E-state index in [1.165, 1.54) is 23.1 Å². The van der Waals surface area contributed by atoms with Crippen molar-refractivity contribution in [2.45, 2.75) is 26.3 Å². The van der Waals surface area contributed by atoms with Gasteiger partial charge in [-0.25, -0.2) is 8.42 Å². The van der Waals surface area contributed by atoms with Crippen molar-refractivity contribution in [3.8, 4) is 0 Å². The molecule has 0 radical (unpaired) electrons. The van der Waals surface area contributed by atoms with Crippen LogP contribution in [0.15, 0.2) is 23.0 Å². The van der Waals surface area contributed by atoms with Crippen molar-refractivity contribution in [1.29, 1.82) is 0 Å². The van der Waals surface area contributed by atoms with Crippen LogP contribution in [-0.2, 0) is 10.0 Å². The highest BCUT2D eigenvalue weighted by Crippen LogP contribution is 2.05. The van der Waals surface area contributed by atoms with E-state index >= 15 is 0 Å². The Morgan fingerprint density at radius 3 is 2.63 bits per heavy atom. The summed E-state index contributed by atoms with van der Waals surface area (Å²) in [5.74, 6) is -0.218. The van der Waals surface area contributed by atoms with Crippen LogP contribution in [0.25, 0.3) is 0 Å². The van der Waals surface area contributed by atoms with Crippen LogP contribution in [0.2, 0.25) is 0 Å². The van der Waals surface area contributed by atoms with Crippen LogP contribution in [-0.4, -0.2) is 44.0 Å². The van der Waals surface area contributed by atoms with E-state index in [-0.39, 0.29) is 11.9 Å². The highest BCUT2D eigenvalue weighted by Gasteiger charge is 2.19. The van der Waals surface area contributed by atoms with Crippen LogP contribution in [0.3, 0.4) is 0 Å². The monoisotopic (exact) mass is 288 g/mol. The summed E-state index contributed by atoms with van der Waals surface area (Å²) in [6.07, 6.45) is 4.55. The second-order valence-electron chi connectivity index (χ2n) is 4.59. The van der Waals surface area contributed by atoms with Crippen LogP contribution in [0.1, 0.15) is 30.6 Å². The Kier molecular flexibility index (Phi) is 5.56. The Bertz CT molecular complexity index is 494. The van der Waals surface area contributed by atoms with Crippen LogP contribution < -0.4 is 5.32 Å². The molecule has 0 spiro atoms. The third-order valence-corrected chi connectivity index (χ3v) is 4.08. The molecule has 7 heteroatoms. The zero-order chi connectivity index (χ0) is 14.5. The molecule has 0 atom stereocenters. The molecule has 6 nitrogen and oxygen atoms in total. The molecule has 0 bridgehead atoms. The summed E-state index contributed by atoms with van der Waals surface area (Å²) in [6.45, 7) is 4.46. The van der Waals surface area contributed by atoms with E-state index in [0.29, 0.717) is 25.1 Å². The van der Waals surface area contributed by atoms with Gasteiger partial charge in [-0.3, -0.25) is 4.79 Å². The minimum absolute atomic E-state index is 0.0837. The third kappa shape index (κ3) is 5.04. The number of carbonyl (C=O) groups excluding carboxylic acids is 1. The Balaban J connectivity index is 2.36. The average molecular weight is 288 g/mol. The van der Waals surface area contributed by atoms with Gasteiger partial charge in [0.25, 0.3) is 5.91 Å². The maximum Gasteiger partial charge on any atom is 0.254 e. The van der Waals surface area contributed by atoms with Gasteiger partial charge in [0, 0.05) is 19.1 Å². The summed E-state index contributed by atoms with van der Waals surface area (Å²) >= 11 is 0. The molecule has 0 aliphatic heterocycles. The smallest absolute Gasteiger partial charge is 0.254 e. The summed E-state index contributed by atoms with van der Waals surface area (Å²) in [5.41, 5.74) is 0.462.